The molecule has 0 spiro atoms. The van der Waals surface area contributed by atoms with Crippen LogP contribution in [0.15, 0.2) is 48.9 Å². The van der Waals surface area contributed by atoms with Gasteiger partial charge in [-0.05, 0) is 69.9 Å². The Kier molecular flexibility index (Phi) is 6.91. The Morgan fingerprint density at radius 1 is 1.21 bits per heavy atom. The van der Waals surface area contributed by atoms with Gasteiger partial charge in [0.05, 0.1) is 30.7 Å². The molecule has 39 heavy (non-hydrogen) atoms. The summed E-state index contributed by atoms with van der Waals surface area (Å²) in [6, 6.07) is 8.70. The number of hydrogen-bond donors (Lipinski definition) is 4. The van der Waals surface area contributed by atoms with Crippen molar-refractivity contribution in [2.75, 3.05) is 11.9 Å². The molecule has 1 amide bonds. The van der Waals surface area contributed by atoms with E-state index in [4.69, 9.17) is 4.74 Å². The number of aliphatic hydroxyl groups is 1. The Labute approximate surface area is 224 Å². The van der Waals surface area contributed by atoms with Crippen LogP contribution in [0.4, 0.5) is 16.0 Å². The Morgan fingerprint density at radius 3 is 2.64 bits per heavy atom. The van der Waals surface area contributed by atoms with Gasteiger partial charge in [-0.25, -0.2) is 19.0 Å². The molecule has 5 heterocycles. The summed E-state index contributed by atoms with van der Waals surface area (Å²) < 4.78 is 20.6. The lowest BCUT2D eigenvalue weighted by Crippen LogP contribution is -2.54. The first-order valence-electron chi connectivity index (χ1n) is 12.6. The molecule has 0 aliphatic carbocycles. The van der Waals surface area contributed by atoms with Crippen molar-refractivity contribution in [3.63, 3.8) is 0 Å². The van der Waals surface area contributed by atoms with Crippen LogP contribution < -0.4 is 10.6 Å². The fraction of sp³-hybridized carbons (Fsp3) is 0.370. The van der Waals surface area contributed by atoms with Crippen molar-refractivity contribution in [1.82, 2.24) is 35.3 Å². The minimum atomic E-state index is -1.35. The van der Waals surface area contributed by atoms with E-state index in [2.05, 4.69) is 35.9 Å². The van der Waals surface area contributed by atoms with E-state index in [1.54, 1.807) is 25.3 Å². The first-order chi connectivity index (χ1) is 18.5. The van der Waals surface area contributed by atoms with Crippen LogP contribution in [-0.4, -0.2) is 53.2 Å². The van der Waals surface area contributed by atoms with Crippen LogP contribution in [0.5, 0.6) is 0 Å². The predicted molar refractivity (Wildman–Crippen MR) is 141 cm³/mol. The number of ether oxygens (including phenoxy) is 1. The smallest absolute Gasteiger partial charge is 0.252 e. The second kappa shape index (κ2) is 10.2. The summed E-state index contributed by atoms with van der Waals surface area (Å²) in [7, 11) is 0. The van der Waals surface area contributed by atoms with E-state index in [9.17, 15) is 14.3 Å². The van der Waals surface area contributed by atoms with Crippen LogP contribution in [0.1, 0.15) is 55.2 Å². The van der Waals surface area contributed by atoms with E-state index < -0.39 is 17.0 Å². The summed E-state index contributed by atoms with van der Waals surface area (Å²) >= 11 is 0. The summed E-state index contributed by atoms with van der Waals surface area (Å²) in [5.74, 6) is 0.909. The number of carbonyl (C=O) groups is 1. The van der Waals surface area contributed by atoms with E-state index in [0.717, 1.165) is 23.0 Å². The van der Waals surface area contributed by atoms with Gasteiger partial charge in [0.25, 0.3) is 5.91 Å². The van der Waals surface area contributed by atoms with Crippen molar-refractivity contribution >= 4 is 17.5 Å². The summed E-state index contributed by atoms with van der Waals surface area (Å²) in [5.41, 5.74) is 0.595. The second-order valence-corrected chi connectivity index (χ2v) is 10.3. The minimum Gasteiger partial charge on any atom is -0.381 e. The molecule has 0 bridgehead atoms. The second-order valence-electron chi connectivity index (χ2n) is 10.3. The number of aryl methyl sites for hydroxylation is 2. The number of H-pyrrole nitrogens is 1. The molecule has 12 heteroatoms. The number of rotatable bonds is 7. The molecule has 1 aliphatic rings. The van der Waals surface area contributed by atoms with Crippen molar-refractivity contribution in [1.29, 1.82) is 0 Å². The monoisotopic (exact) mass is 534 g/mol. The molecule has 204 valence electrons. The fourth-order valence-electron chi connectivity index (χ4n) is 4.48. The molecule has 11 nitrogen and oxygen atoms in total. The SMILES string of the molecule is Cc1cc(Nc2cc(C)[nH]n2)nc([C@]2(O)CC[C@@](C)(C(=O)N[C@@H](C)c3ccc(-n4cc(F)cn4)nc3)OC2)c1. The zero-order chi connectivity index (χ0) is 27.8. The topological polar surface area (TPSA) is 143 Å². The van der Waals surface area contributed by atoms with Gasteiger partial charge in [0.2, 0.25) is 0 Å². The minimum absolute atomic E-state index is 0.0839. The molecule has 4 N–H and O–H groups in total. The quantitative estimate of drug-likeness (QED) is 0.282. The fourth-order valence-corrected chi connectivity index (χ4v) is 4.48. The molecule has 0 saturated carbocycles. The number of amides is 1. The van der Waals surface area contributed by atoms with Crippen LogP contribution in [0.2, 0.25) is 0 Å². The molecule has 4 aromatic rings. The van der Waals surface area contributed by atoms with Gasteiger partial charge in [-0.1, -0.05) is 6.07 Å². The predicted octanol–water partition coefficient (Wildman–Crippen LogP) is 3.52. The highest BCUT2D eigenvalue weighted by molar-refractivity contribution is 5.85. The van der Waals surface area contributed by atoms with Gasteiger partial charge in [0.15, 0.2) is 17.5 Å². The van der Waals surface area contributed by atoms with E-state index in [0.29, 0.717) is 36.0 Å². The van der Waals surface area contributed by atoms with Gasteiger partial charge < -0.3 is 20.5 Å². The van der Waals surface area contributed by atoms with Gasteiger partial charge >= 0.3 is 0 Å². The molecule has 1 aliphatic heterocycles. The van der Waals surface area contributed by atoms with E-state index in [-0.39, 0.29) is 18.6 Å². The first kappa shape index (κ1) is 26.4. The van der Waals surface area contributed by atoms with Crippen molar-refractivity contribution < 1.29 is 19.0 Å². The largest absolute Gasteiger partial charge is 0.381 e. The lowest BCUT2D eigenvalue weighted by Gasteiger charge is -2.41. The normalized spacial score (nSPS) is 21.9. The summed E-state index contributed by atoms with van der Waals surface area (Å²) in [4.78, 5) is 22.2. The van der Waals surface area contributed by atoms with Gasteiger partial charge in [-0.3, -0.25) is 9.89 Å². The molecule has 0 radical (unpaired) electrons. The lowest BCUT2D eigenvalue weighted by atomic mass is 9.84. The van der Waals surface area contributed by atoms with E-state index >= 15 is 0 Å². The van der Waals surface area contributed by atoms with E-state index in [1.165, 1.54) is 10.9 Å². The molecule has 4 aromatic heterocycles. The molecule has 1 saturated heterocycles. The average Bonchev–Trinajstić information content (AvgIpc) is 3.53. The number of anilines is 2. The van der Waals surface area contributed by atoms with Crippen LogP contribution >= 0.6 is 0 Å². The Hall–Kier alpha value is -4.16. The molecule has 5 rings (SSSR count). The third-order valence-corrected chi connectivity index (χ3v) is 6.94. The summed E-state index contributed by atoms with van der Waals surface area (Å²) in [6.07, 6.45) is 4.54. The Bertz CT molecular complexity index is 1470. The zero-order valence-electron chi connectivity index (χ0n) is 22.2. The van der Waals surface area contributed by atoms with Crippen molar-refractivity contribution in [2.45, 2.75) is 57.8 Å². The van der Waals surface area contributed by atoms with Crippen LogP contribution in [0, 0.1) is 19.7 Å². The third kappa shape index (κ3) is 5.66. The van der Waals surface area contributed by atoms with Gasteiger partial charge in [-0.2, -0.15) is 10.2 Å². The average molecular weight is 535 g/mol. The number of nitrogens with zero attached hydrogens (tertiary/aromatic N) is 5. The number of aromatic nitrogens is 6. The zero-order valence-corrected chi connectivity index (χ0v) is 22.2. The maximum absolute atomic E-state index is 13.2. The van der Waals surface area contributed by atoms with Gasteiger partial charge in [0, 0.05) is 18.0 Å². The molecular weight excluding hydrogens is 503 g/mol. The third-order valence-electron chi connectivity index (χ3n) is 6.94. The number of hydrogen-bond acceptors (Lipinski definition) is 8. The van der Waals surface area contributed by atoms with Gasteiger partial charge in [-0.15, -0.1) is 0 Å². The number of carbonyl (C=O) groups excluding carboxylic acids is 1. The van der Waals surface area contributed by atoms with Crippen molar-refractivity contribution in [3.8, 4) is 5.82 Å². The lowest BCUT2D eigenvalue weighted by molar-refractivity contribution is -0.181. The number of nitrogens with one attached hydrogen (secondary N) is 3. The Morgan fingerprint density at radius 2 is 2.03 bits per heavy atom. The molecule has 1 fully saturated rings. The maximum Gasteiger partial charge on any atom is 0.252 e. The molecule has 3 atom stereocenters. The van der Waals surface area contributed by atoms with Crippen LogP contribution in [-0.2, 0) is 15.1 Å². The molecular formula is C27H31FN8O3. The maximum atomic E-state index is 13.2. The van der Waals surface area contributed by atoms with Crippen molar-refractivity contribution in [2.24, 2.45) is 0 Å². The number of aromatic amines is 1. The summed E-state index contributed by atoms with van der Waals surface area (Å²) in [5, 5.41) is 28.5. The molecule has 0 aromatic carbocycles. The standard InChI is InChI=1S/C27H31FN8O3/c1-16-9-21(32-22(10-16)33-23-11-17(2)34-35-23)27(38)8-7-26(4,39-15-27)25(37)31-18(3)19-5-6-24(29-12-19)36-14-20(28)13-30-36/h5-6,9-14,18,38H,7-8,15H2,1-4H3,(H,31,37)(H2,32,33,34,35)/t18-,26-,27-/m0/s1. The van der Waals surface area contributed by atoms with Crippen LogP contribution in [0.25, 0.3) is 5.82 Å². The molecule has 0 unspecified atom stereocenters. The first-order valence-corrected chi connectivity index (χ1v) is 12.6. The highest BCUT2D eigenvalue weighted by Gasteiger charge is 2.46. The number of pyridine rings is 2. The van der Waals surface area contributed by atoms with Crippen LogP contribution in [0.3, 0.4) is 0 Å². The van der Waals surface area contributed by atoms with Gasteiger partial charge in [0.1, 0.15) is 17.0 Å². The Balaban J connectivity index is 1.23. The van der Waals surface area contributed by atoms with Crippen molar-refractivity contribution in [3.05, 3.63) is 77.3 Å². The van der Waals surface area contributed by atoms with E-state index in [1.807, 2.05) is 39.0 Å². The number of halogens is 1. The summed E-state index contributed by atoms with van der Waals surface area (Å²) in [6.45, 7) is 7.31. The highest BCUT2D eigenvalue weighted by atomic mass is 19.1. The highest BCUT2D eigenvalue weighted by Crippen LogP contribution is 2.37.